The molecule has 3 N–H and O–H groups in total. The van der Waals surface area contributed by atoms with Crippen molar-refractivity contribution in [2.75, 3.05) is 6.61 Å². The van der Waals surface area contributed by atoms with Gasteiger partial charge in [-0.1, -0.05) is 191 Å². The van der Waals surface area contributed by atoms with Gasteiger partial charge in [0.2, 0.25) is 5.91 Å². The van der Waals surface area contributed by atoms with E-state index in [1.807, 2.05) is 12.2 Å². The highest BCUT2D eigenvalue weighted by Crippen LogP contribution is 2.15. The van der Waals surface area contributed by atoms with Gasteiger partial charge in [0.25, 0.3) is 0 Å². The molecule has 6 heteroatoms. The Morgan fingerprint density at radius 2 is 1.02 bits per heavy atom. The van der Waals surface area contributed by atoms with Crippen LogP contribution in [0.3, 0.4) is 0 Å². The number of carbonyl (C=O) groups is 2. The average molecular weight is 730 g/mol. The van der Waals surface area contributed by atoms with E-state index in [9.17, 15) is 19.8 Å². The van der Waals surface area contributed by atoms with Gasteiger partial charge in [0.1, 0.15) is 6.10 Å². The van der Waals surface area contributed by atoms with Crippen molar-refractivity contribution in [3.8, 4) is 0 Å². The van der Waals surface area contributed by atoms with Crippen LogP contribution in [-0.2, 0) is 14.3 Å². The van der Waals surface area contributed by atoms with Crippen LogP contribution in [0.4, 0.5) is 0 Å². The molecule has 0 aliphatic heterocycles. The van der Waals surface area contributed by atoms with Crippen molar-refractivity contribution >= 4 is 11.9 Å². The molecule has 1 amide bonds. The van der Waals surface area contributed by atoms with Crippen LogP contribution in [0, 0.1) is 0 Å². The maximum absolute atomic E-state index is 13.0. The highest BCUT2D eigenvalue weighted by Gasteiger charge is 2.23. The van der Waals surface area contributed by atoms with Gasteiger partial charge >= 0.3 is 5.97 Å². The molecule has 0 aliphatic carbocycles. The van der Waals surface area contributed by atoms with Crippen molar-refractivity contribution in [1.29, 1.82) is 0 Å². The Morgan fingerprint density at radius 3 is 1.54 bits per heavy atom. The van der Waals surface area contributed by atoms with Crippen LogP contribution < -0.4 is 5.32 Å². The summed E-state index contributed by atoms with van der Waals surface area (Å²) in [5.41, 5.74) is 0. The van der Waals surface area contributed by atoms with Gasteiger partial charge in [0.15, 0.2) is 0 Å². The smallest absolute Gasteiger partial charge is 0.306 e. The van der Waals surface area contributed by atoms with Crippen LogP contribution >= 0.6 is 0 Å². The van der Waals surface area contributed by atoms with E-state index < -0.39 is 18.2 Å². The summed E-state index contributed by atoms with van der Waals surface area (Å²) in [6.07, 6.45) is 46.2. The Kier molecular flexibility index (Phi) is 38.3. The highest BCUT2D eigenvalue weighted by molar-refractivity contribution is 5.77. The first-order chi connectivity index (χ1) is 25.5. The first kappa shape index (κ1) is 49.8. The number of hydrogen-bond acceptors (Lipinski definition) is 5. The fourth-order valence-corrected chi connectivity index (χ4v) is 6.29. The van der Waals surface area contributed by atoms with Gasteiger partial charge in [-0.25, -0.2) is 0 Å². The topological polar surface area (TPSA) is 95.9 Å². The van der Waals surface area contributed by atoms with E-state index in [4.69, 9.17) is 4.74 Å². The van der Waals surface area contributed by atoms with Gasteiger partial charge in [-0.3, -0.25) is 9.59 Å². The standard InChI is InChI=1S/C46H83NO5/c1-4-7-10-13-16-19-20-21-22-23-24-27-28-31-34-37-42(52-46(51)39-36-33-30-26-18-15-12-9-6-3)40-45(50)47-43(41-48)44(49)38-35-32-29-25-17-14-11-8-5-2/h16,19,21-22,24,27,31,34,42-44,48-49H,4-15,17-18,20,23,25-26,28-30,32-33,35-41H2,1-3H3,(H,47,50)/b19-16-,22-21-,27-24-,34-31-. The van der Waals surface area contributed by atoms with E-state index in [-0.39, 0.29) is 24.9 Å². The molecular formula is C46H83NO5. The lowest BCUT2D eigenvalue weighted by Gasteiger charge is -2.24. The van der Waals surface area contributed by atoms with Gasteiger partial charge in [-0.2, -0.15) is 0 Å². The van der Waals surface area contributed by atoms with E-state index in [1.54, 1.807) is 0 Å². The third-order valence-corrected chi connectivity index (χ3v) is 9.66. The molecule has 0 saturated heterocycles. The number of nitrogens with one attached hydrogen (secondary N) is 1. The lowest BCUT2D eigenvalue weighted by Crippen LogP contribution is -2.46. The van der Waals surface area contributed by atoms with Crippen molar-refractivity contribution in [1.82, 2.24) is 5.32 Å². The number of aliphatic hydroxyl groups is 2. The SMILES string of the molecule is CCCCC/C=C\C/C=C\C/C=C\C/C=C\CC(CC(=O)NC(CO)C(O)CCCCCCCCCCC)OC(=O)CCCCCCCCCCC. The number of esters is 1. The van der Waals surface area contributed by atoms with Crippen LogP contribution in [0.15, 0.2) is 48.6 Å². The van der Waals surface area contributed by atoms with Gasteiger partial charge in [-0.15, -0.1) is 0 Å². The molecule has 0 heterocycles. The Morgan fingerprint density at radius 1 is 0.577 bits per heavy atom. The molecule has 302 valence electrons. The average Bonchev–Trinajstić information content (AvgIpc) is 3.13. The maximum Gasteiger partial charge on any atom is 0.306 e. The van der Waals surface area contributed by atoms with Crippen LogP contribution in [0.5, 0.6) is 0 Å². The Balaban J connectivity index is 4.77. The molecule has 0 spiro atoms. The van der Waals surface area contributed by atoms with Gasteiger partial charge in [0, 0.05) is 12.8 Å². The molecule has 0 radical (unpaired) electrons. The highest BCUT2D eigenvalue weighted by atomic mass is 16.5. The van der Waals surface area contributed by atoms with E-state index in [2.05, 4.69) is 62.5 Å². The molecule has 52 heavy (non-hydrogen) atoms. The predicted octanol–water partition coefficient (Wildman–Crippen LogP) is 12.3. The van der Waals surface area contributed by atoms with Crippen molar-refractivity contribution in [2.24, 2.45) is 0 Å². The van der Waals surface area contributed by atoms with Gasteiger partial charge < -0.3 is 20.3 Å². The Labute approximate surface area is 321 Å². The minimum atomic E-state index is -0.806. The van der Waals surface area contributed by atoms with E-state index in [0.29, 0.717) is 19.3 Å². The van der Waals surface area contributed by atoms with E-state index in [1.165, 1.54) is 103 Å². The number of aliphatic hydroxyl groups excluding tert-OH is 2. The van der Waals surface area contributed by atoms with Crippen LogP contribution in [0.25, 0.3) is 0 Å². The van der Waals surface area contributed by atoms with Crippen molar-refractivity contribution in [2.45, 2.75) is 225 Å². The summed E-state index contributed by atoms with van der Waals surface area (Å²) >= 11 is 0. The maximum atomic E-state index is 13.0. The number of hydrogen-bond donors (Lipinski definition) is 3. The summed E-state index contributed by atoms with van der Waals surface area (Å²) in [6.45, 7) is 6.36. The zero-order valence-electron chi connectivity index (χ0n) is 34.2. The number of ether oxygens (including phenoxy) is 1. The second kappa shape index (κ2) is 40.0. The summed E-state index contributed by atoms with van der Waals surface area (Å²) in [6, 6.07) is -0.726. The summed E-state index contributed by atoms with van der Waals surface area (Å²) in [5.74, 6) is -0.581. The number of amides is 1. The number of carbonyl (C=O) groups excluding carboxylic acids is 2. The second-order valence-electron chi connectivity index (χ2n) is 14.8. The molecule has 0 bridgehead atoms. The number of allylic oxidation sites excluding steroid dienone is 7. The Bertz CT molecular complexity index is 910. The van der Waals surface area contributed by atoms with Crippen LogP contribution in [-0.4, -0.2) is 46.9 Å². The summed E-state index contributed by atoms with van der Waals surface area (Å²) in [4.78, 5) is 25.8. The minimum Gasteiger partial charge on any atom is -0.461 e. The lowest BCUT2D eigenvalue weighted by atomic mass is 10.0. The number of rotatable bonds is 38. The minimum absolute atomic E-state index is 0.00275. The van der Waals surface area contributed by atoms with E-state index in [0.717, 1.165) is 57.8 Å². The molecule has 3 unspecified atom stereocenters. The molecule has 0 aromatic carbocycles. The molecule has 0 aromatic rings. The lowest BCUT2D eigenvalue weighted by molar-refractivity contribution is -0.150. The van der Waals surface area contributed by atoms with Crippen LogP contribution in [0.1, 0.15) is 207 Å². The molecule has 0 saturated carbocycles. The molecule has 0 fully saturated rings. The number of unbranched alkanes of at least 4 members (excludes halogenated alkanes) is 19. The monoisotopic (exact) mass is 730 g/mol. The normalized spacial score (nSPS) is 13.9. The van der Waals surface area contributed by atoms with Gasteiger partial charge in [-0.05, 0) is 44.9 Å². The summed E-state index contributed by atoms with van der Waals surface area (Å²) in [7, 11) is 0. The second-order valence-corrected chi connectivity index (χ2v) is 14.8. The fraction of sp³-hybridized carbons (Fsp3) is 0.783. The summed E-state index contributed by atoms with van der Waals surface area (Å²) < 4.78 is 5.81. The molecule has 3 atom stereocenters. The van der Waals surface area contributed by atoms with Crippen molar-refractivity contribution in [3.63, 3.8) is 0 Å². The molecule has 0 aromatic heterocycles. The van der Waals surface area contributed by atoms with E-state index >= 15 is 0 Å². The molecule has 0 aliphatic rings. The van der Waals surface area contributed by atoms with Crippen molar-refractivity contribution in [3.05, 3.63) is 48.6 Å². The molecular weight excluding hydrogens is 647 g/mol. The zero-order chi connectivity index (χ0) is 38.2. The Hall–Kier alpha value is -2.18. The third kappa shape index (κ3) is 34.9. The van der Waals surface area contributed by atoms with Gasteiger partial charge in [0.05, 0.1) is 25.2 Å². The molecule has 6 nitrogen and oxygen atoms in total. The van der Waals surface area contributed by atoms with Crippen molar-refractivity contribution < 1.29 is 24.5 Å². The molecule has 0 rings (SSSR count). The largest absolute Gasteiger partial charge is 0.461 e. The fourth-order valence-electron chi connectivity index (χ4n) is 6.29. The zero-order valence-corrected chi connectivity index (χ0v) is 34.2. The predicted molar refractivity (Wildman–Crippen MR) is 222 cm³/mol. The quantitative estimate of drug-likeness (QED) is 0.0334. The summed E-state index contributed by atoms with van der Waals surface area (Å²) in [5, 5.41) is 23.5. The first-order valence-corrected chi connectivity index (χ1v) is 21.9. The van der Waals surface area contributed by atoms with Crippen LogP contribution in [0.2, 0.25) is 0 Å². The first-order valence-electron chi connectivity index (χ1n) is 21.9. The third-order valence-electron chi connectivity index (χ3n) is 9.66.